The number of nitrogens with one attached hydrogen (secondary N) is 1. The first kappa shape index (κ1) is 19.7. The third-order valence-corrected chi connectivity index (χ3v) is 5.74. The number of nitrogens with zero attached hydrogens (tertiary/aromatic N) is 3. The number of para-hydroxylation sites is 1. The minimum atomic E-state index is 0.0415. The molecule has 150 valence electrons. The Morgan fingerprint density at radius 2 is 1.79 bits per heavy atom. The van der Waals surface area contributed by atoms with Crippen LogP contribution in [-0.2, 0) is 4.79 Å². The number of halogens is 1. The van der Waals surface area contributed by atoms with Gasteiger partial charge < -0.3 is 10.2 Å². The average molecular weight is 409 g/mol. The zero-order valence-electron chi connectivity index (χ0n) is 16.8. The van der Waals surface area contributed by atoms with Crippen LogP contribution in [0, 0.1) is 13.8 Å². The molecule has 0 aliphatic carbocycles. The molecule has 0 spiro atoms. The van der Waals surface area contributed by atoms with Crippen LogP contribution in [0.25, 0.3) is 10.9 Å². The summed E-state index contributed by atoms with van der Waals surface area (Å²) in [6.45, 7) is 7.89. The van der Waals surface area contributed by atoms with Crippen molar-refractivity contribution in [2.75, 3.05) is 42.9 Å². The molecule has 29 heavy (non-hydrogen) atoms. The van der Waals surface area contributed by atoms with E-state index in [-0.39, 0.29) is 5.91 Å². The van der Waals surface area contributed by atoms with Gasteiger partial charge in [-0.15, -0.1) is 0 Å². The van der Waals surface area contributed by atoms with E-state index in [1.54, 1.807) is 0 Å². The van der Waals surface area contributed by atoms with Crippen molar-refractivity contribution >= 4 is 39.8 Å². The fourth-order valence-corrected chi connectivity index (χ4v) is 4.09. The Labute approximate surface area is 176 Å². The van der Waals surface area contributed by atoms with Gasteiger partial charge in [0.15, 0.2) is 0 Å². The molecule has 5 nitrogen and oxygen atoms in total. The summed E-state index contributed by atoms with van der Waals surface area (Å²) in [5, 5.41) is 4.89. The number of piperazine rings is 1. The maximum absolute atomic E-state index is 12.6. The highest BCUT2D eigenvalue weighted by molar-refractivity contribution is 6.31. The molecule has 1 N–H and O–H groups in total. The third kappa shape index (κ3) is 4.36. The number of hydrogen-bond donors (Lipinski definition) is 1. The molecular formula is C23H25ClN4O. The summed E-state index contributed by atoms with van der Waals surface area (Å²) in [6, 6.07) is 13.9. The third-order valence-electron chi connectivity index (χ3n) is 5.51. The SMILES string of the molecule is Cc1cccc(C)c1NC(=O)CN1CCN(c2ccnc3cc(Cl)ccc23)CC1. The van der Waals surface area contributed by atoms with E-state index < -0.39 is 0 Å². The number of fused-ring (bicyclic) bond motifs is 1. The minimum absolute atomic E-state index is 0.0415. The van der Waals surface area contributed by atoms with Crippen LogP contribution in [0.4, 0.5) is 11.4 Å². The van der Waals surface area contributed by atoms with E-state index in [9.17, 15) is 4.79 Å². The summed E-state index contributed by atoms with van der Waals surface area (Å²) in [7, 11) is 0. The van der Waals surface area contributed by atoms with Crippen molar-refractivity contribution in [2.24, 2.45) is 0 Å². The van der Waals surface area contributed by atoms with E-state index in [1.165, 1.54) is 5.69 Å². The molecule has 2 heterocycles. The van der Waals surface area contributed by atoms with Gasteiger partial charge in [-0.05, 0) is 49.2 Å². The lowest BCUT2D eigenvalue weighted by molar-refractivity contribution is -0.117. The Hall–Kier alpha value is -2.63. The van der Waals surface area contributed by atoms with Gasteiger partial charge in [0.25, 0.3) is 0 Å². The summed E-state index contributed by atoms with van der Waals surface area (Å²) in [4.78, 5) is 21.6. The summed E-state index contributed by atoms with van der Waals surface area (Å²) < 4.78 is 0. The van der Waals surface area contributed by atoms with E-state index in [0.717, 1.165) is 53.9 Å². The first-order valence-corrected chi connectivity index (χ1v) is 10.3. The van der Waals surface area contributed by atoms with Crippen LogP contribution in [0.1, 0.15) is 11.1 Å². The fraction of sp³-hybridized carbons (Fsp3) is 0.304. The number of carbonyl (C=O) groups is 1. The minimum Gasteiger partial charge on any atom is -0.368 e. The number of aromatic nitrogens is 1. The lowest BCUT2D eigenvalue weighted by Gasteiger charge is -2.36. The molecule has 0 bridgehead atoms. The van der Waals surface area contributed by atoms with E-state index >= 15 is 0 Å². The Balaban J connectivity index is 1.38. The first-order chi connectivity index (χ1) is 14.0. The quantitative estimate of drug-likeness (QED) is 0.700. The molecule has 0 unspecified atom stereocenters. The van der Waals surface area contributed by atoms with Gasteiger partial charge in [-0.2, -0.15) is 0 Å². The number of benzene rings is 2. The van der Waals surface area contributed by atoms with E-state index in [2.05, 4.69) is 26.2 Å². The summed E-state index contributed by atoms with van der Waals surface area (Å²) in [6.07, 6.45) is 1.83. The second-order valence-electron chi connectivity index (χ2n) is 7.57. The second kappa shape index (κ2) is 8.39. The van der Waals surface area contributed by atoms with Gasteiger partial charge in [0, 0.05) is 54.2 Å². The molecule has 1 fully saturated rings. The standard InChI is InChI=1S/C23H25ClN4O/c1-16-4-3-5-17(2)23(16)26-22(29)15-27-10-12-28(13-11-27)21-8-9-25-20-14-18(24)6-7-19(20)21/h3-9,14H,10-13,15H2,1-2H3,(H,26,29). The fourth-order valence-electron chi connectivity index (χ4n) is 3.92. The predicted molar refractivity (Wildman–Crippen MR) is 120 cm³/mol. The maximum Gasteiger partial charge on any atom is 0.238 e. The lowest BCUT2D eigenvalue weighted by Crippen LogP contribution is -2.48. The second-order valence-corrected chi connectivity index (χ2v) is 8.01. The molecule has 0 saturated carbocycles. The monoisotopic (exact) mass is 408 g/mol. The van der Waals surface area contributed by atoms with Gasteiger partial charge >= 0.3 is 0 Å². The Bertz CT molecular complexity index is 1020. The van der Waals surface area contributed by atoms with Crippen LogP contribution in [0.2, 0.25) is 5.02 Å². The van der Waals surface area contributed by atoms with Crippen molar-refractivity contribution < 1.29 is 4.79 Å². The highest BCUT2D eigenvalue weighted by Gasteiger charge is 2.21. The molecule has 2 aromatic carbocycles. The highest BCUT2D eigenvalue weighted by atomic mass is 35.5. The van der Waals surface area contributed by atoms with Gasteiger partial charge in [-0.3, -0.25) is 14.7 Å². The summed E-state index contributed by atoms with van der Waals surface area (Å²) >= 11 is 6.10. The van der Waals surface area contributed by atoms with Crippen molar-refractivity contribution in [3.63, 3.8) is 0 Å². The topological polar surface area (TPSA) is 48.5 Å². The molecular weight excluding hydrogens is 384 g/mol. The van der Waals surface area contributed by atoms with Crippen molar-refractivity contribution in [1.82, 2.24) is 9.88 Å². The molecule has 1 amide bonds. The average Bonchev–Trinajstić information content (AvgIpc) is 2.71. The number of hydrogen-bond acceptors (Lipinski definition) is 4. The zero-order chi connectivity index (χ0) is 20.4. The Morgan fingerprint density at radius 3 is 2.52 bits per heavy atom. The van der Waals surface area contributed by atoms with Gasteiger partial charge in [-0.25, -0.2) is 0 Å². The van der Waals surface area contributed by atoms with Crippen LogP contribution in [0.15, 0.2) is 48.7 Å². The predicted octanol–water partition coefficient (Wildman–Crippen LogP) is 4.27. The number of carbonyl (C=O) groups excluding carboxylic acids is 1. The molecule has 0 atom stereocenters. The van der Waals surface area contributed by atoms with Crippen LogP contribution in [0.3, 0.4) is 0 Å². The normalized spacial score (nSPS) is 14.9. The van der Waals surface area contributed by atoms with Crippen LogP contribution in [-0.4, -0.2) is 48.5 Å². The number of rotatable bonds is 4. The van der Waals surface area contributed by atoms with Crippen LogP contribution >= 0.6 is 11.6 Å². The molecule has 1 aliphatic heterocycles. The van der Waals surface area contributed by atoms with E-state index in [1.807, 2.05) is 56.4 Å². The molecule has 1 aromatic heterocycles. The Morgan fingerprint density at radius 1 is 1.07 bits per heavy atom. The molecule has 6 heteroatoms. The number of amides is 1. The number of pyridine rings is 1. The zero-order valence-corrected chi connectivity index (χ0v) is 17.5. The van der Waals surface area contributed by atoms with Gasteiger partial charge in [0.05, 0.1) is 12.1 Å². The van der Waals surface area contributed by atoms with Crippen molar-refractivity contribution in [1.29, 1.82) is 0 Å². The number of anilines is 2. The van der Waals surface area contributed by atoms with Gasteiger partial charge in [0.2, 0.25) is 5.91 Å². The molecule has 0 radical (unpaired) electrons. The molecule has 1 saturated heterocycles. The first-order valence-electron chi connectivity index (χ1n) is 9.89. The van der Waals surface area contributed by atoms with Crippen molar-refractivity contribution in [3.05, 3.63) is 64.8 Å². The molecule has 1 aliphatic rings. The largest absolute Gasteiger partial charge is 0.368 e. The molecule has 3 aromatic rings. The van der Waals surface area contributed by atoms with E-state index in [4.69, 9.17) is 11.6 Å². The highest BCUT2D eigenvalue weighted by Crippen LogP contribution is 2.28. The van der Waals surface area contributed by atoms with Gasteiger partial charge in [-0.1, -0.05) is 29.8 Å². The Kier molecular flexibility index (Phi) is 5.69. The van der Waals surface area contributed by atoms with E-state index in [0.29, 0.717) is 11.6 Å². The summed E-state index contributed by atoms with van der Waals surface area (Å²) in [5.41, 5.74) is 5.19. The van der Waals surface area contributed by atoms with Crippen LogP contribution in [0.5, 0.6) is 0 Å². The van der Waals surface area contributed by atoms with Crippen molar-refractivity contribution in [3.8, 4) is 0 Å². The van der Waals surface area contributed by atoms with Crippen molar-refractivity contribution in [2.45, 2.75) is 13.8 Å². The maximum atomic E-state index is 12.6. The van der Waals surface area contributed by atoms with Gasteiger partial charge in [0.1, 0.15) is 0 Å². The number of aryl methyl sites for hydroxylation is 2. The summed E-state index contributed by atoms with van der Waals surface area (Å²) in [5.74, 6) is 0.0415. The molecule has 4 rings (SSSR count). The lowest BCUT2D eigenvalue weighted by atomic mass is 10.1. The van der Waals surface area contributed by atoms with Crippen LogP contribution < -0.4 is 10.2 Å². The smallest absolute Gasteiger partial charge is 0.238 e.